The number of fused-ring (bicyclic) bond motifs is 1. The van der Waals surface area contributed by atoms with E-state index in [2.05, 4.69) is 10.3 Å². The lowest BCUT2D eigenvalue weighted by Crippen LogP contribution is -2.14. The number of carbonyl (C=O) groups excluding carboxylic acids is 1. The van der Waals surface area contributed by atoms with Gasteiger partial charge in [0, 0.05) is 22.9 Å². The van der Waals surface area contributed by atoms with Crippen molar-refractivity contribution < 1.29 is 19.4 Å². The quantitative estimate of drug-likeness (QED) is 0.900. The van der Waals surface area contributed by atoms with Gasteiger partial charge in [-0.15, -0.1) is 0 Å². The fourth-order valence-electron chi connectivity index (χ4n) is 2.30. The Labute approximate surface area is 120 Å². The number of aromatic carboxylic acids is 1. The molecule has 0 radical (unpaired) electrons. The van der Waals surface area contributed by atoms with Crippen molar-refractivity contribution in [3.8, 4) is 5.75 Å². The number of hydrogen-bond donors (Lipinski definition) is 2. The van der Waals surface area contributed by atoms with Crippen molar-refractivity contribution in [3.63, 3.8) is 0 Å². The van der Waals surface area contributed by atoms with Gasteiger partial charge in [0.05, 0.1) is 12.8 Å². The monoisotopic (exact) mass is 286 g/mol. The number of nitrogens with zero attached hydrogens (tertiary/aromatic N) is 1. The van der Waals surface area contributed by atoms with Gasteiger partial charge in [0.1, 0.15) is 5.75 Å². The molecule has 0 atom stereocenters. The molecule has 21 heavy (non-hydrogen) atoms. The summed E-state index contributed by atoms with van der Waals surface area (Å²) in [5, 5.41) is 13.1. The summed E-state index contributed by atoms with van der Waals surface area (Å²) in [7, 11) is 1.51. The Hall–Kier alpha value is -2.63. The lowest BCUT2D eigenvalue weighted by atomic mass is 10.1. The number of anilines is 1. The highest BCUT2D eigenvalue weighted by atomic mass is 16.5. The standard InChI is InChI=1S/C15H14N2O4/c1-21-11-5-4-10(17-14(18)8-2-3-8)12-9(11)6-7-16-13(12)15(19)20/h4-8H,2-3H2,1H3,(H,17,18)(H,19,20). The summed E-state index contributed by atoms with van der Waals surface area (Å²) < 4.78 is 5.25. The van der Waals surface area contributed by atoms with Crippen LogP contribution in [0.3, 0.4) is 0 Å². The Morgan fingerprint density at radius 3 is 2.71 bits per heavy atom. The maximum Gasteiger partial charge on any atom is 0.355 e. The molecule has 1 aliphatic carbocycles. The first kappa shape index (κ1) is 13.4. The average molecular weight is 286 g/mol. The number of carboxylic acids is 1. The van der Waals surface area contributed by atoms with Crippen LogP contribution in [0.1, 0.15) is 23.3 Å². The number of pyridine rings is 1. The predicted molar refractivity (Wildman–Crippen MR) is 76.6 cm³/mol. The minimum absolute atomic E-state index is 0.0344. The summed E-state index contributed by atoms with van der Waals surface area (Å²) in [6.07, 6.45) is 3.18. The van der Waals surface area contributed by atoms with E-state index in [4.69, 9.17) is 4.74 Å². The fraction of sp³-hybridized carbons (Fsp3) is 0.267. The van der Waals surface area contributed by atoms with Gasteiger partial charge in [-0.05, 0) is 31.0 Å². The molecule has 108 valence electrons. The van der Waals surface area contributed by atoms with Gasteiger partial charge in [-0.1, -0.05) is 0 Å². The zero-order chi connectivity index (χ0) is 15.0. The van der Waals surface area contributed by atoms with Crippen LogP contribution in [0.25, 0.3) is 10.8 Å². The molecule has 0 aliphatic heterocycles. The number of carboxylic acid groups (broad SMARTS) is 1. The van der Waals surface area contributed by atoms with Crippen LogP contribution >= 0.6 is 0 Å². The lowest BCUT2D eigenvalue weighted by Gasteiger charge is -2.13. The van der Waals surface area contributed by atoms with Crippen LogP contribution in [0, 0.1) is 5.92 Å². The number of ether oxygens (including phenoxy) is 1. The number of amides is 1. The Bertz CT molecular complexity index is 738. The maximum atomic E-state index is 11.9. The molecule has 1 saturated carbocycles. The number of methoxy groups -OCH3 is 1. The molecule has 1 aliphatic rings. The summed E-state index contributed by atoms with van der Waals surface area (Å²) in [4.78, 5) is 27.2. The largest absolute Gasteiger partial charge is 0.496 e. The predicted octanol–water partition coefficient (Wildman–Crippen LogP) is 2.29. The number of nitrogens with one attached hydrogen (secondary N) is 1. The summed E-state index contributed by atoms with van der Waals surface area (Å²) in [6, 6.07) is 5.03. The van der Waals surface area contributed by atoms with E-state index >= 15 is 0 Å². The molecule has 3 rings (SSSR count). The van der Waals surface area contributed by atoms with Crippen molar-refractivity contribution in [2.24, 2.45) is 5.92 Å². The fourth-order valence-corrected chi connectivity index (χ4v) is 2.30. The van der Waals surface area contributed by atoms with Gasteiger partial charge in [-0.3, -0.25) is 4.79 Å². The van der Waals surface area contributed by atoms with Crippen molar-refractivity contribution in [1.82, 2.24) is 4.98 Å². The van der Waals surface area contributed by atoms with E-state index in [0.717, 1.165) is 12.8 Å². The van der Waals surface area contributed by atoms with E-state index in [1.54, 1.807) is 18.2 Å². The van der Waals surface area contributed by atoms with Crippen LogP contribution in [0.2, 0.25) is 0 Å². The highest BCUT2D eigenvalue weighted by molar-refractivity contribution is 6.12. The minimum atomic E-state index is -1.14. The molecule has 6 nitrogen and oxygen atoms in total. The molecule has 0 bridgehead atoms. The van der Waals surface area contributed by atoms with Crippen LogP contribution in [-0.2, 0) is 4.79 Å². The zero-order valence-corrected chi connectivity index (χ0v) is 11.4. The Morgan fingerprint density at radius 1 is 1.33 bits per heavy atom. The molecule has 1 amide bonds. The van der Waals surface area contributed by atoms with E-state index in [1.807, 2.05) is 0 Å². The van der Waals surface area contributed by atoms with Crippen molar-refractivity contribution in [2.75, 3.05) is 12.4 Å². The number of benzene rings is 1. The molecule has 2 aromatic rings. The molecular weight excluding hydrogens is 272 g/mol. The van der Waals surface area contributed by atoms with Crippen LogP contribution in [-0.4, -0.2) is 29.1 Å². The first-order valence-electron chi connectivity index (χ1n) is 6.61. The Kier molecular flexibility index (Phi) is 3.21. The second-order valence-corrected chi connectivity index (χ2v) is 4.97. The van der Waals surface area contributed by atoms with Gasteiger partial charge in [-0.2, -0.15) is 0 Å². The van der Waals surface area contributed by atoms with E-state index in [9.17, 15) is 14.7 Å². The Morgan fingerprint density at radius 2 is 2.10 bits per heavy atom. The second kappa shape index (κ2) is 5.05. The highest BCUT2D eigenvalue weighted by Crippen LogP contribution is 2.35. The number of carbonyl (C=O) groups is 2. The first-order valence-corrected chi connectivity index (χ1v) is 6.61. The second-order valence-electron chi connectivity index (χ2n) is 4.97. The van der Waals surface area contributed by atoms with Gasteiger partial charge in [0.25, 0.3) is 0 Å². The van der Waals surface area contributed by atoms with Crippen LogP contribution < -0.4 is 10.1 Å². The highest BCUT2D eigenvalue weighted by Gasteiger charge is 2.30. The van der Waals surface area contributed by atoms with Crippen molar-refractivity contribution >= 4 is 28.3 Å². The Balaban J connectivity index is 2.18. The van der Waals surface area contributed by atoms with Crippen LogP contribution in [0.4, 0.5) is 5.69 Å². The van der Waals surface area contributed by atoms with Crippen LogP contribution in [0.5, 0.6) is 5.75 Å². The van der Waals surface area contributed by atoms with Crippen molar-refractivity contribution in [2.45, 2.75) is 12.8 Å². The zero-order valence-electron chi connectivity index (χ0n) is 11.4. The summed E-state index contributed by atoms with van der Waals surface area (Å²) in [5.41, 5.74) is 0.352. The third-order valence-corrected chi connectivity index (χ3v) is 3.52. The number of aromatic nitrogens is 1. The molecule has 6 heteroatoms. The summed E-state index contributed by atoms with van der Waals surface area (Å²) in [6.45, 7) is 0. The van der Waals surface area contributed by atoms with Gasteiger partial charge >= 0.3 is 5.97 Å². The molecule has 2 N–H and O–H groups in total. The SMILES string of the molecule is COc1ccc(NC(=O)C2CC2)c2c(C(=O)O)nccc12. The van der Waals surface area contributed by atoms with E-state index in [-0.39, 0.29) is 17.5 Å². The van der Waals surface area contributed by atoms with Gasteiger partial charge in [-0.25, -0.2) is 9.78 Å². The maximum absolute atomic E-state index is 11.9. The molecular formula is C15H14N2O4. The molecule has 1 aromatic carbocycles. The van der Waals surface area contributed by atoms with E-state index < -0.39 is 5.97 Å². The molecule has 0 spiro atoms. The van der Waals surface area contributed by atoms with Gasteiger partial charge in [0.2, 0.25) is 5.91 Å². The van der Waals surface area contributed by atoms with Crippen molar-refractivity contribution in [3.05, 3.63) is 30.1 Å². The molecule has 0 saturated heterocycles. The molecule has 1 aromatic heterocycles. The van der Waals surface area contributed by atoms with Gasteiger partial charge in [0.15, 0.2) is 5.69 Å². The summed E-state index contributed by atoms with van der Waals surface area (Å²) in [5.74, 6) is -0.649. The lowest BCUT2D eigenvalue weighted by molar-refractivity contribution is -0.117. The van der Waals surface area contributed by atoms with Crippen LogP contribution in [0.15, 0.2) is 24.4 Å². The smallest absolute Gasteiger partial charge is 0.355 e. The topological polar surface area (TPSA) is 88.5 Å². The van der Waals surface area contributed by atoms with E-state index in [1.165, 1.54) is 13.3 Å². The summed E-state index contributed by atoms with van der Waals surface area (Å²) >= 11 is 0. The first-order chi connectivity index (χ1) is 10.1. The van der Waals surface area contributed by atoms with Crippen molar-refractivity contribution in [1.29, 1.82) is 0 Å². The number of rotatable bonds is 4. The third kappa shape index (κ3) is 2.40. The average Bonchev–Trinajstić information content (AvgIpc) is 3.31. The third-order valence-electron chi connectivity index (χ3n) is 3.52. The molecule has 0 unspecified atom stereocenters. The number of hydrogen-bond acceptors (Lipinski definition) is 4. The normalized spacial score (nSPS) is 14.0. The molecule has 1 fully saturated rings. The molecule has 1 heterocycles. The van der Waals surface area contributed by atoms with E-state index in [0.29, 0.717) is 22.2 Å². The van der Waals surface area contributed by atoms with Gasteiger partial charge < -0.3 is 15.2 Å². The minimum Gasteiger partial charge on any atom is -0.496 e.